The molecule has 9 heteroatoms. The summed E-state index contributed by atoms with van der Waals surface area (Å²) in [5, 5.41) is 17.5. The molecular weight excluding hydrogens is 411 g/mol. The number of aromatic nitrogens is 2. The fraction of sp³-hybridized carbons (Fsp3) is 0.100. The minimum Gasteiger partial charge on any atom is -0.404 e. The quantitative estimate of drug-likeness (QED) is 0.551. The molecule has 1 heterocycles. The van der Waals surface area contributed by atoms with E-state index in [9.17, 15) is 10.1 Å². The van der Waals surface area contributed by atoms with E-state index < -0.39 is 0 Å². The Morgan fingerprint density at radius 3 is 2.69 bits per heavy atom. The maximum atomic E-state index is 12.1. The van der Waals surface area contributed by atoms with Gasteiger partial charge >= 0.3 is 0 Å². The monoisotopic (exact) mass is 426 g/mol. The Kier molecular flexibility index (Phi) is 5.99. The number of halogens is 2. The van der Waals surface area contributed by atoms with Crippen LogP contribution >= 0.6 is 23.2 Å². The van der Waals surface area contributed by atoms with Crippen LogP contribution in [0, 0.1) is 11.3 Å². The Bertz CT molecular complexity index is 1270. The molecule has 146 valence electrons. The summed E-state index contributed by atoms with van der Waals surface area (Å²) in [6.45, 7) is 0.151. The van der Waals surface area contributed by atoms with Gasteiger partial charge in [-0.3, -0.25) is 9.79 Å². The highest BCUT2D eigenvalue weighted by molar-refractivity contribution is 6.44. The van der Waals surface area contributed by atoms with E-state index in [1.807, 2.05) is 0 Å². The van der Waals surface area contributed by atoms with E-state index in [-0.39, 0.29) is 27.7 Å². The number of fused-ring (bicyclic) bond motifs is 1. The van der Waals surface area contributed by atoms with Gasteiger partial charge in [0.15, 0.2) is 0 Å². The third-order valence-electron chi connectivity index (χ3n) is 4.48. The maximum absolute atomic E-state index is 12.1. The van der Waals surface area contributed by atoms with Gasteiger partial charge in [-0.25, -0.2) is 5.10 Å². The van der Waals surface area contributed by atoms with E-state index in [0.29, 0.717) is 38.9 Å². The van der Waals surface area contributed by atoms with Crippen LogP contribution in [0.2, 0.25) is 10.0 Å². The van der Waals surface area contributed by atoms with Crippen LogP contribution in [0.4, 0.5) is 0 Å². The van der Waals surface area contributed by atoms with Gasteiger partial charge in [-0.05, 0) is 29.8 Å². The first kappa shape index (κ1) is 20.6. The van der Waals surface area contributed by atoms with Crippen molar-refractivity contribution < 1.29 is 0 Å². The van der Waals surface area contributed by atoms with E-state index in [1.54, 1.807) is 37.4 Å². The Labute approximate surface area is 176 Å². The molecule has 2 aromatic carbocycles. The number of hydrogen-bond acceptors (Lipinski definition) is 6. The first-order chi connectivity index (χ1) is 14.0. The van der Waals surface area contributed by atoms with Gasteiger partial charge in [-0.1, -0.05) is 29.3 Å². The summed E-state index contributed by atoms with van der Waals surface area (Å²) >= 11 is 12.3. The summed E-state index contributed by atoms with van der Waals surface area (Å²) in [5.74, 6) is 0. The predicted molar refractivity (Wildman–Crippen MR) is 116 cm³/mol. The molecule has 0 aliphatic carbocycles. The SMILES string of the molecule is CN=C(/C(=C\N)c1ccc2c(=O)[nH]nc(CN)c2c1)c1ccc(Cl)c(Cl)c1C#N. The second-order valence-corrected chi connectivity index (χ2v) is 6.80. The number of nitrogens with one attached hydrogen (secondary N) is 1. The molecule has 0 saturated heterocycles. The predicted octanol–water partition coefficient (Wildman–Crippen LogP) is 2.98. The molecule has 0 saturated carbocycles. The van der Waals surface area contributed by atoms with Crippen molar-refractivity contribution in [2.24, 2.45) is 16.5 Å². The molecule has 0 unspecified atom stereocenters. The highest BCUT2D eigenvalue weighted by Gasteiger charge is 2.19. The fourth-order valence-electron chi connectivity index (χ4n) is 3.10. The van der Waals surface area contributed by atoms with Crippen molar-refractivity contribution in [2.45, 2.75) is 6.54 Å². The molecule has 1 aromatic heterocycles. The lowest BCUT2D eigenvalue weighted by atomic mass is 9.92. The summed E-state index contributed by atoms with van der Waals surface area (Å²) in [4.78, 5) is 16.4. The molecule has 5 N–H and O–H groups in total. The van der Waals surface area contributed by atoms with Gasteiger partial charge in [0.25, 0.3) is 5.56 Å². The van der Waals surface area contributed by atoms with Gasteiger partial charge in [0.1, 0.15) is 6.07 Å². The minimum absolute atomic E-state index is 0.142. The molecule has 0 radical (unpaired) electrons. The molecule has 0 aliphatic heterocycles. The van der Waals surface area contributed by atoms with Crippen molar-refractivity contribution in [1.82, 2.24) is 10.2 Å². The fourth-order valence-corrected chi connectivity index (χ4v) is 3.46. The molecular formula is C20H16Cl2N6O. The molecule has 29 heavy (non-hydrogen) atoms. The molecule has 0 bridgehead atoms. The number of rotatable bonds is 4. The zero-order valence-corrected chi connectivity index (χ0v) is 16.8. The number of H-pyrrole nitrogens is 1. The minimum atomic E-state index is -0.317. The third kappa shape index (κ3) is 3.61. The Morgan fingerprint density at radius 1 is 1.31 bits per heavy atom. The summed E-state index contributed by atoms with van der Waals surface area (Å²) in [7, 11) is 1.58. The van der Waals surface area contributed by atoms with E-state index in [4.69, 9.17) is 34.7 Å². The van der Waals surface area contributed by atoms with E-state index in [1.165, 1.54) is 6.20 Å². The average Bonchev–Trinajstić information content (AvgIpc) is 2.74. The molecule has 0 fully saturated rings. The number of allylic oxidation sites excluding steroid dienone is 1. The summed E-state index contributed by atoms with van der Waals surface area (Å²) in [5.41, 5.74) is 14.3. The van der Waals surface area contributed by atoms with Gasteiger partial charge in [0.05, 0.1) is 32.4 Å². The number of nitriles is 1. The van der Waals surface area contributed by atoms with Crippen LogP contribution in [0.25, 0.3) is 16.3 Å². The zero-order valence-electron chi connectivity index (χ0n) is 15.3. The number of aromatic amines is 1. The van der Waals surface area contributed by atoms with Gasteiger partial charge in [-0.2, -0.15) is 10.4 Å². The first-order valence-electron chi connectivity index (χ1n) is 8.46. The van der Waals surface area contributed by atoms with Crippen molar-refractivity contribution in [3.8, 4) is 6.07 Å². The van der Waals surface area contributed by atoms with Crippen molar-refractivity contribution in [3.05, 3.63) is 79.3 Å². The van der Waals surface area contributed by atoms with Gasteiger partial charge in [-0.15, -0.1) is 0 Å². The van der Waals surface area contributed by atoms with Gasteiger partial charge in [0.2, 0.25) is 0 Å². The third-order valence-corrected chi connectivity index (χ3v) is 5.28. The van der Waals surface area contributed by atoms with Crippen LogP contribution in [-0.2, 0) is 6.54 Å². The molecule has 7 nitrogen and oxygen atoms in total. The van der Waals surface area contributed by atoms with Crippen LogP contribution in [0.1, 0.15) is 22.4 Å². The van der Waals surface area contributed by atoms with Gasteiger partial charge in [0, 0.05) is 36.3 Å². The second kappa shape index (κ2) is 8.45. The molecule has 0 amide bonds. The standard InChI is InChI=1S/C20H16Cl2N6O/c1-26-19(11-4-5-16(21)18(22)15(11)8-24)14(7-23)10-2-3-12-13(6-10)17(9-25)27-28-20(12)29/h2-7H,9,23,25H2,1H3,(H,28,29)/b14-7-,26-19?. The normalized spacial score (nSPS) is 12.2. The van der Waals surface area contributed by atoms with Crippen molar-refractivity contribution in [1.29, 1.82) is 5.26 Å². The van der Waals surface area contributed by atoms with Crippen LogP contribution in [0.3, 0.4) is 0 Å². The second-order valence-electron chi connectivity index (χ2n) is 6.01. The molecule has 0 atom stereocenters. The van der Waals surface area contributed by atoms with Crippen LogP contribution in [0.5, 0.6) is 0 Å². The van der Waals surface area contributed by atoms with E-state index in [2.05, 4.69) is 21.3 Å². The average molecular weight is 427 g/mol. The lowest BCUT2D eigenvalue weighted by Crippen LogP contribution is -2.14. The summed E-state index contributed by atoms with van der Waals surface area (Å²) in [6, 6.07) is 10.5. The van der Waals surface area contributed by atoms with Crippen molar-refractivity contribution >= 4 is 45.3 Å². The lowest BCUT2D eigenvalue weighted by Gasteiger charge is -2.14. The Morgan fingerprint density at radius 2 is 2.07 bits per heavy atom. The lowest BCUT2D eigenvalue weighted by molar-refractivity contribution is 0.900. The smallest absolute Gasteiger partial charge is 0.272 e. The summed E-state index contributed by atoms with van der Waals surface area (Å²) < 4.78 is 0. The number of nitrogens with two attached hydrogens (primary N) is 2. The molecule has 3 rings (SSSR count). The van der Waals surface area contributed by atoms with Crippen molar-refractivity contribution in [3.63, 3.8) is 0 Å². The molecule has 0 aliphatic rings. The van der Waals surface area contributed by atoms with E-state index >= 15 is 0 Å². The molecule has 3 aromatic rings. The number of aliphatic imine (C=N–C) groups is 1. The zero-order chi connectivity index (χ0) is 21.1. The largest absolute Gasteiger partial charge is 0.404 e. The number of benzene rings is 2. The van der Waals surface area contributed by atoms with Crippen LogP contribution in [0.15, 0.2) is 46.3 Å². The van der Waals surface area contributed by atoms with E-state index in [0.717, 1.165) is 0 Å². The highest BCUT2D eigenvalue weighted by Crippen LogP contribution is 2.32. The molecule has 0 spiro atoms. The van der Waals surface area contributed by atoms with Gasteiger partial charge < -0.3 is 11.5 Å². The number of hydrogen-bond donors (Lipinski definition) is 3. The first-order valence-corrected chi connectivity index (χ1v) is 9.21. The topological polar surface area (TPSA) is 134 Å². The van der Waals surface area contributed by atoms with Crippen LogP contribution < -0.4 is 17.0 Å². The maximum Gasteiger partial charge on any atom is 0.272 e. The number of nitrogens with zero attached hydrogens (tertiary/aromatic N) is 3. The Balaban J connectivity index is 2.24. The van der Waals surface area contributed by atoms with Crippen LogP contribution in [-0.4, -0.2) is 23.0 Å². The van der Waals surface area contributed by atoms with Crippen molar-refractivity contribution in [2.75, 3.05) is 7.05 Å². The Hall–Kier alpha value is -3.18. The summed E-state index contributed by atoms with van der Waals surface area (Å²) in [6.07, 6.45) is 1.38. The highest BCUT2D eigenvalue weighted by atomic mass is 35.5.